The van der Waals surface area contributed by atoms with Gasteiger partial charge in [0, 0.05) is 6.61 Å². The van der Waals surface area contributed by atoms with Crippen LogP contribution in [-0.4, -0.2) is 22.9 Å². The summed E-state index contributed by atoms with van der Waals surface area (Å²) in [5.41, 5.74) is 0. The Hall–Kier alpha value is -0.0800. The Bertz CT molecular complexity index is 34.5. The molecule has 0 aliphatic heterocycles. The van der Waals surface area contributed by atoms with Crippen LogP contribution in [0.5, 0.6) is 0 Å². The molecule has 11 heavy (non-hydrogen) atoms. The third-order valence-corrected chi connectivity index (χ3v) is 0.814. The molecule has 1 unspecified atom stereocenters. The van der Waals surface area contributed by atoms with E-state index >= 15 is 0 Å². The SMILES string of the molecule is CCC(C)O.CCCO.[CH2]C. The quantitative estimate of drug-likeness (QED) is 0.653. The summed E-state index contributed by atoms with van der Waals surface area (Å²) in [5, 5.41) is 16.2. The summed E-state index contributed by atoms with van der Waals surface area (Å²) in [6, 6.07) is 0. The van der Waals surface area contributed by atoms with E-state index in [4.69, 9.17) is 10.2 Å². The van der Waals surface area contributed by atoms with Crippen molar-refractivity contribution in [3.63, 3.8) is 0 Å². The van der Waals surface area contributed by atoms with Gasteiger partial charge in [0.1, 0.15) is 0 Å². The Balaban J connectivity index is -0.0000000965. The zero-order valence-electron chi connectivity index (χ0n) is 8.30. The van der Waals surface area contributed by atoms with Gasteiger partial charge in [-0.2, -0.15) is 0 Å². The Labute approximate surface area is 71.3 Å². The van der Waals surface area contributed by atoms with E-state index in [1.54, 1.807) is 13.8 Å². The van der Waals surface area contributed by atoms with Crippen LogP contribution < -0.4 is 0 Å². The van der Waals surface area contributed by atoms with Crippen LogP contribution in [0.25, 0.3) is 0 Å². The van der Waals surface area contributed by atoms with Gasteiger partial charge >= 0.3 is 0 Å². The first-order valence-electron chi connectivity index (χ1n) is 4.18. The van der Waals surface area contributed by atoms with Crippen LogP contribution in [0.4, 0.5) is 0 Å². The molecule has 2 nitrogen and oxygen atoms in total. The Morgan fingerprint density at radius 3 is 1.45 bits per heavy atom. The second-order valence-electron chi connectivity index (χ2n) is 1.98. The molecule has 0 amide bonds. The van der Waals surface area contributed by atoms with E-state index < -0.39 is 0 Å². The number of rotatable bonds is 2. The Morgan fingerprint density at radius 1 is 1.27 bits per heavy atom. The van der Waals surface area contributed by atoms with Gasteiger partial charge in [-0.05, 0) is 19.8 Å². The van der Waals surface area contributed by atoms with Crippen molar-refractivity contribution in [3.05, 3.63) is 6.92 Å². The predicted octanol–water partition coefficient (Wildman–Crippen LogP) is 2.01. The first-order valence-corrected chi connectivity index (χ1v) is 4.18. The summed E-state index contributed by atoms with van der Waals surface area (Å²) < 4.78 is 0. The molecule has 1 atom stereocenters. The number of aliphatic hydroxyl groups is 2. The zero-order chi connectivity index (χ0) is 9.70. The molecule has 0 saturated heterocycles. The van der Waals surface area contributed by atoms with Crippen molar-refractivity contribution in [2.75, 3.05) is 6.61 Å². The van der Waals surface area contributed by atoms with Crippen LogP contribution in [0.1, 0.15) is 40.5 Å². The van der Waals surface area contributed by atoms with Crippen LogP contribution >= 0.6 is 0 Å². The minimum atomic E-state index is -0.116. The summed E-state index contributed by atoms with van der Waals surface area (Å²) in [6.07, 6.45) is 1.62. The van der Waals surface area contributed by atoms with Gasteiger partial charge in [0.25, 0.3) is 0 Å². The summed E-state index contributed by atoms with van der Waals surface area (Å²) in [4.78, 5) is 0. The standard InChI is InChI=1S/C4H10O.C3H8O.C2H5/c1-3-4(2)5;1-2-3-4;1-2/h4-5H,3H2,1-2H3;4H,2-3H2,1H3;1H2,2H3. The molecular weight excluding hydrogens is 140 g/mol. The van der Waals surface area contributed by atoms with Crippen LogP contribution in [0.2, 0.25) is 0 Å². The maximum absolute atomic E-state index is 8.36. The third kappa shape index (κ3) is 73.0. The largest absolute Gasteiger partial charge is 0.396 e. The lowest BCUT2D eigenvalue weighted by Crippen LogP contribution is -1.93. The van der Waals surface area contributed by atoms with Gasteiger partial charge in [-0.15, -0.1) is 0 Å². The first kappa shape index (κ1) is 17.1. The van der Waals surface area contributed by atoms with Crippen LogP contribution in [-0.2, 0) is 0 Å². The molecule has 0 aromatic heterocycles. The molecular formula is C9H23O2. The van der Waals surface area contributed by atoms with Crippen molar-refractivity contribution in [2.45, 2.75) is 46.6 Å². The summed E-state index contributed by atoms with van der Waals surface area (Å²) in [7, 11) is 0. The van der Waals surface area contributed by atoms with Crippen LogP contribution in [0, 0.1) is 6.92 Å². The lowest BCUT2D eigenvalue weighted by Gasteiger charge is -1.90. The normalized spacial score (nSPS) is 10.1. The van der Waals surface area contributed by atoms with Crippen molar-refractivity contribution < 1.29 is 10.2 Å². The maximum atomic E-state index is 8.36. The molecule has 2 heteroatoms. The number of hydrogen-bond donors (Lipinski definition) is 2. The van der Waals surface area contributed by atoms with E-state index in [-0.39, 0.29) is 6.10 Å². The highest BCUT2D eigenvalue weighted by molar-refractivity contribution is 4.34. The van der Waals surface area contributed by atoms with Gasteiger partial charge in [-0.3, -0.25) is 0 Å². The molecule has 0 fully saturated rings. The molecule has 1 radical (unpaired) electrons. The number of hydrogen-bond acceptors (Lipinski definition) is 2. The second-order valence-corrected chi connectivity index (χ2v) is 1.98. The first-order chi connectivity index (χ1) is 5.18. The topological polar surface area (TPSA) is 40.5 Å². The summed E-state index contributed by atoms with van der Waals surface area (Å²) in [5.74, 6) is 0. The van der Waals surface area contributed by atoms with Crippen molar-refractivity contribution in [2.24, 2.45) is 0 Å². The summed E-state index contributed by atoms with van der Waals surface area (Å²) in [6.45, 7) is 11.0. The predicted molar refractivity (Wildman–Crippen MR) is 50.4 cm³/mol. The molecule has 0 aliphatic carbocycles. The fourth-order valence-electron chi connectivity index (χ4n) is 0. The average molecular weight is 163 g/mol. The lowest BCUT2D eigenvalue weighted by atomic mass is 10.3. The van der Waals surface area contributed by atoms with Crippen molar-refractivity contribution in [1.82, 2.24) is 0 Å². The van der Waals surface area contributed by atoms with E-state index in [1.807, 2.05) is 13.8 Å². The van der Waals surface area contributed by atoms with Crippen molar-refractivity contribution in [3.8, 4) is 0 Å². The van der Waals surface area contributed by atoms with Crippen molar-refractivity contribution >= 4 is 0 Å². The van der Waals surface area contributed by atoms with E-state index in [9.17, 15) is 0 Å². The van der Waals surface area contributed by atoms with Gasteiger partial charge in [0.2, 0.25) is 0 Å². The summed E-state index contributed by atoms with van der Waals surface area (Å²) >= 11 is 0. The van der Waals surface area contributed by atoms with Crippen LogP contribution in [0.15, 0.2) is 0 Å². The molecule has 0 rings (SSSR count). The molecule has 0 spiro atoms. The molecule has 0 aromatic carbocycles. The van der Waals surface area contributed by atoms with Gasteiger partial charge in [-0.1, -0.05) is 27.7 Å². The van der Waals surface area contributed by atoms with E-state index in [0.29, 0.717) is 6.61 Å². The van der Waals surface area contributed by atoms with E-state index in [2.05, 4.69) is 6.92 Å². The van der Waals surface area contributed by atoms with Gasteiger partial charge < -0.3 is 10.2 Å². The smallest absolute Gasteiger partial charge is 0.0509 e. The molecule has 0 aromatic rings. The Kier molecular flexibility index (Phi) is 35.1. The minimum Gasteiger partial charge on any atom is -0.396 e. The van der Waals surface area contributed by atoms with Crippen molar-refractivity contribution in [1.29, 1.82) is 0 Å². The zero-order valence-corrected chi connectivity index (χ0v) is 8.30. The second kappa shape index (κ2) is 22.5. The van der Waals surface area contributed by atoms with Crippen LogP contribution in [0.3, 0.4) is 0 Å². The van der Waals surface area contributed by atoms with E-state index in [0.717, 1.165) is 12.8 Å². The minimum absolute atomic E-state index is 0.116. The highest BCUT2D eigenvalue weighted by atomic mass is 16.3. The van der Waals surface area contributed by atoms with Gasteiger partial charge in [0.05, 0.1) is 6.10 Å². The van der Waals surface area contributed by atoms with Gasteiger partial charge in [0.15, 0.2) is 0 Å². The maximum Gasteiger partial charge on any atom is 0.0509 e. The lowest BCUT2D eigenvalue weighted by molar-refractivity contribution is 0.191. The molecule has 0 aliphatic rings. The average Bonchev–Trinajstić information content (AvgIpc) is 2.08. The highest BCUT2D eigenvalue weighted by Gasteiger charge is 1.81. The molecule has 0 saturated carbocycles. The molecule has 71 valence electrons. The fraction of sp³-hybridized carbons (Fsp3) is 0.889. The number of aliphatic hydroxyl groups excluding tert-OH is 2. The highest BCUT2D eigenvalue weighted by Crippen LogP contribution is 1.81. The van der Waals surface area contributed by atoms with E-state index in [1.165, 1.54) is 0 Å². The molecule has 2 N–H and O–H groups in total. The van der Waals surface area contributed by atoms with Gasteiger partial charge in [-0.25, -0.2) is 0 Å². The molecule has 0 heterocycles. The monoisotopic (exact) mass is 163 g/mol. The Morgan fingerprint density at radius 2 is 1.45 bits per heavy atom. The third-order valence-electron chi connectivity index (χ3n) is 0.814. The fourth-order valence-corrected chi connectivity index (χ4v) is 0. The molecule has 0 bridgehead atoms.